The maximum atomic E-state index is 12.3. The molecule has 0 aliphatic carbocycles. The molecule has 1 saturated heterocycles. The van der Waals surface area contributed by atoms with Gasteiger partial charge in [-0.05, 0) is 40.9 Å². The predicted molar refractivity (Wildman–Crippen MR) is 103 cm³/mol. The second-order valence-corrected chi connectivity index (χ2v) is 6.53. The molecule has 0 spiro atoms. The molecule has 136 valence electrons. The fraction of sp³-hybridized carbons (Fsp3) is 0.533. The molecule has 3 N–H and O–H groups in total. The van der Waals surface area contributed by atoms with E-state index in [4.69, 9.17) is 5.73 Å². The van der Waals surface area contributed by atoms with E-state index < -0.39 is 0 Å². The second kappa shape index (κ2) is 10.9. The van der Waals surface area contributed by atoms with Gasteiger partial charge >= 0.3 is 0 Å². The quantitative estimate of drug-likeness (QED) is 0.750. The number of pyridine rings is 1. The summed E-state index contributed by atoms with van der Waals surface area (Å²) in [4.78, 5) is 30.4. The minimum atomic E-state index is -0.201. The van der Waals surface area contributed by atoms with Crippen molar-refractivity contribution in [3.8, 4) is 0 Å². The minimum Gasteiger partial charge on any atom is -0.342 e. The van der Waals surface area contributed by atoms with Crippen LogP contribution in [-0.2, 0) is 9.59 Å². The van der Waals surface area contributed by atoms with Crippen molar-refractivity contribution in [2.75, 3.05) is 25.0 Å². The number of anilines is 1. The average molecular weight is 442 g/mol. The van der Waals surface area contributed by atoms with E-state index in [1.54, 1.807) is 17.2 Å². The number of nitrogens with two attached hydrogens (primary N) is 1. The van der Waals surface area contributed by atoms with E-state index in [1.807, 2.05) is 13.0 Å². The van der Waals surface area contributed by atoms with Crippen molar-refractivity contribution >= 4 is 58.4 Å². The van der Waals surface area contributed by atoms with Crippen LogP contribution in [0, 0.1) is 11.8 Å². The molecule has 1 fully saturated rings. The molecule has 0 aromatic carbocycles. The number of carbonyl (C=O) groups is 2. The van der Waals surface area contributed by atoms with Gasteiger partial charge in [0.15, 0.2) is 0 Å². The first-order valence-corrected chi connectivity index (χ1v) is 8.22. The Bertz CT molecular complexity index is 545. The molecule has 2 amide bonds. The molecule has 0 bridgehead atoms. The van der Waals surface area contributed by atoms with Gasteiger partial charge in [0.25, 0.3) is 0 Å². The van der Waals surface area contributed by atoms with Gasteiger partial charge in [0.05, 0.1) is 5.92 Å². The zero-order chi connectivity index (χ0) is 16.1. The molecule has 0 saturated carbocycles. The number of nitrogens with one attached hydrogen (secondary N) is 1. The Kier molecular flexibility index (Phi) is 10.5. The highest BCUT2D eigenvalue weighted by molar-refractivity contribution is 9.10. The molecule has 24 heavy (non-hydrogen) atoms. The number of piperidine rings is 1. The summed E-state index contributed by atoms with van der Waals surface area (Å²) >= 11 is 3.30. The Morgan fingerprint density at radius 1 is 1.46 bits per heavy atom. The first kappa shape index (κ1) is 23.1. The standard InChI is InChI=1S/C15H21BrN4O2.2ClH/c1-10(7-17)15(22)20-6-2-3-11(9-20)14(21)19-13-5-4-12(16)8-18-13;;/h4-5,8,10-11H,2-3,6-7,9,17H2,1H3,(H,18,19,21);2*1H. The largest absolute Gasteiger partial charge is 0.342 e. The van der Waals surface area contributed by atoms with Crippen molar-refractivity contribution in [3.05, 3.63) is 22.8 Å². The number of amides is 2. The number of hydrogen-bond donors (Lipinski definition) is 2. The third-order valence-electron chi connectivity index (χ3n) is 3.86. The summed E-state index contributed by atoms with van der Waals surface area (Å²) in [5.41, 5.74) is 5.55. The van der Waals surface area contributed by atoms with Crippen LogP contribution in [0.2, 0.25) is 0 Å². The number of likely N-dealkylation sites (tertiary alicyclic amines) is 1. The van der Waals surface area contributed by atoms with E-state index in [0.29, 0.717) is 25.5 Å². The molecule has 2 heterocycles. The Morgan fingerprint density at radius 3 is 2.75 bits per heavy atom. The Balaban J connectivity index is 0.00000264. The molecule has 0 radical (unpaired) electrons. The molecule has 1 aromatic heterocycles. The molecule has 2 rings (SSSR count). The van der Waals surface area contributed by atoms with Gasteiger partial charge in [-0.15, -0.1) is 24.8 Å². The van der Waals surface area contributed by atoms with Crippen LogP contribution in [0.3, 0.4) is 0 Å². The SMILES string of the molecule is CC(CN)C(=O)N1CCCC(C(=O)Nc2ccc(Br)cn2)C1.Cl.Cl. The first-order chi connectivity index (χ1) is 10.5. The highest BCUT2D eigenvalue weighted by Crippen LogP contribution is 2.20. The van der Waals surface area contributed by atoms with Gasteiger partial charge in [0.1, 0.15) is 5.82 Å². The van der Waals surface area contributed by atoms with Crippen LogP contribution in [0.15, 0.2) is 22.8 Å². The molecule has 2 atom stereocenters. The van der Waals surface area contributed by atoms with Gasteiger partial charge in [-0.1, -0.05) is 6.92 Å². The van der Waals surface area contributed by atoms with Crippen LogP contribution in [0.4, 0.5) is 5.82 Å². The van der Waals surface area contributed by atoms with Crippen LogP contribution in [0.5, 0.6) is 0 Å². The van der Waals surface area contributed by atoms with E-state index in [1.165, 1.54) is 0 Å². The van der Waals surface area contributed by atoms with Crippen molar-refractivity contribution in [1.29, 1.82) is 0 Å². The van der Waals surface area contributed by atoms with Crippen molar-refractivity contribution < 1.29 is 9.59 Å². The summed E-state index contributed by atoms with van der Waals surface area (Å²) in [5, 5.41) is 2.81. The van der Waals surface area contributed by atoms with Crippen molar-refractivity contribution in [1.82, 2.24) is 9.88 Å². The number of aromatic nitrogens is 1. The lowest BCUT2D eigenvalue weighted by Crippen LogP contribution is -2.46. The summed E-state index contributed by atoms with van der Waals surface area (Å²) in [6, 6.07) is 3.56. The van der Waals surface area contributed by atoms with Crippen LogP contribution >= 0.6 is 40.7 Å². The summed E-state index contributed by atoms with van der Waals surface area (Å²) in [5.74, 6) is 0.0598. The van der Waals surface area contributed by atoms with Gasteiger partial charge in [0.2, 0.25) is 11.8 Å². The van der Waals surface area contributed by atoms with Crippen LogP contribution in [-0.4, -0.2) is 41.3 Å². The molecule has 1 aromatic rings. The zero-order valence-corrected chi connectivity index (χ0v) is 16.6. The molecular formula is C15H23BrCl2N4O2. The molecule has 1 aliphatic heterocycles. The molecule has 9 heteroatoms. The van der Waals surface area contributed by atoms with E-state index in [2.05, 4.69) is 26.2 Å². The number of hydrogen-bond acceptors (Lipinski definition) is 4. The van der Waals surface area contributed by atoms with Gasteiger partial charge in [-0.3, -0.25) is 9.59 Å². The highest BCUT2D eigenvalue weighted by atomic mass is 79.9. The third kappa shape index (κ3) is 6.20. The highest BCUT2D eigenvalue weighted by Gasteiger charge is 2.30. The van der Waals surface area contributed by atoms with E-state index in [9.17, 15) is 9.59 Å². The van der Waals surface area contributed by atoms with Gasteiger partial charge in [0, 0.05) is 36.2 Å². The monoisotopic (exact) mass is 440 g/mol. The third-order valence-corrected chi connectivity index (χ3v) is 4.33. The van der Waals surface area contributed by atoms with E-state index in [-0.39, 0.29) is 48.5 Å². The average Bonchev–Trinajstić information content (AvgIpc) is 2.55. The molecule has 1 aliphatic rings. The summed E-state index contributed by atoms with van der Waals surface area (Å²) in [6.07, 6.45) is 3.24. The van der Waals surface area contributed by atoms with Crippen molar-refractivity contribution in [2.45, 2.75) is 19.8 Å². The smallest absolute Gasteiger partial charge is 0.230 e. The fourth-order valence-electron chi connectivity index (χ4n) is 2.48. The maximum Gasteiger partial charge on any atom is 0.230 e. The lowest BCUT2D eigenvalue weighted by atomic mass is 9.96. The van der Waals surface area contributed by atoms with E-state index >= 15 is 0 Å². The maximum absolute atomic E-state index is 12.3. The second-order valence-electron chi connectivity index (χ2n) is 5.61. The normalized spacial score (nSPS) is 18.0. The number of carbonyl (C=O) groups excluding carboxylic acids is 2. The molecule has 2 unspecified atom stereocenters. The van der Waals surface area contributed by atoms with Gasteiger partial charge in [-0.25, -0.2) is 4.98 Å². The van der Waals surface area contributed by atoms with Crippen molar-refractivity contribution in [3.63, 3.8) is 0 Å². The predicted octanol–water partition coefficient (Wildman–Crippen LogP) is 2.46. The fourth-order valence-corrected chi connectivity index (χ4v) is 2.72. The van der Waals surface area contributed by atoms with E-state index in [0.717, 1.165) is 17.3 Å². The molecular weight excluding hydrogens is 419 g/mol. The number of rotatable bonds is 4. The van der Waals surface area contributed by atoms with Crippen LogP contribution in [0.25, 0.3) is 0 Å². The van der Waals surface area contributed by atoms with Gasteiger partial charge in [-0.2, -0.15) is 0 Å². The lowest BCUT2D eigenvalue weighted by molar-refractivity contribution is -0.137. The Hall–Kier alpha value is -0.890. The Labute approximate surface area is 162 Å². The number of nitrogens with zero attached hydrogens (tertiary/aromatic N) is 2. The minimum absolute atomic E-state index is 0. The molecule has 6 nitrogen and oxygen atoms in total. The van der Waals surface area contributed by atoms with Crippen LogP contribution < -0.4 is 11.1 Å². The van der Waals surface area contributed by atoms with Gasteiger partial charge < -0.3 is 16.0 Å². The first-order valence-electron chi connectivity index (χ1n) is 7.42. The topological polar surface area (TPSA) is 88.3 Å². The van der Waals surface area contributed by atoms with Crippen molar-refractivity contribution in [2.24, 2.45) is 17.6 Å². The summed E-state index contributed by atoms with van der Waals surface area (Å²) in [7, 11) is 0. The number of halogens is 3. The Morgan fingerprint density at radius 2 is 2.17 bits per heavy atom. The lowest BCUT2D eigenvalue weighted by Gasteiger charge is -2.33. The summed E-state index contributed by atoms with van der Waals surface area (Å²) < 4.78 is 0.857. The zero-order valence-electron chi connectivity index (χ0n) is 13.4. The summed E-state index contributed by atoms with van der Waals surface area (Å²) in [6.45, 7) is 3.29. The van der Waals surface area contributed by atoms with Crippen LogP contribution in [0.1, 0.15) is 19.8 Å².